The highest BCUT2D eigenvalue weighted by molar-refractivity contribution is 7.92. The van der Waals surface area contributed by atoms with Crippen molar-refractivity contribution >= 4 is 39.4 Å². The van der Waals surface area contributed by atoms with Crippen LogP contribution in [0.5, 0.6) is 5.75 Å². The number of nitrogens with one attached hydrogen (secondary N) is 2. The lowest BCUT2D eigenvalue weighted by atomic mass is 10.2. The molecule has 0 aliphatic rings. The van der Waals surface area contributed by atoms with Gasteiger partial charge >= 0.3 is 0 Å². The van der Waals surface area contributed by atoms with Crippen LogP contribution >= 0.6 is 0 Å². The minimum atomic E-state index is -4.15. The van der Waals surface area contributed by atoms with Crippen molar-refractivity contribution in [2.24, 2.45) is 5.10 Å². The van der Waals surface area contributed by atoms with Gasteiger partial charge in [-0.1, -0.05) is 17.7 Å². The molecule has 0 spiro atoms. The van der Waals surface area contributed by atoms with E-state index in [1.807, 2.05) is 6.92 Å². The molecule has 9 nitrogen and oxygen atoms in total. The van der Waals surface area contributed by atoms with Crippen molar-refractivity contribution in [1.29, 1.82) is 0 Å². The van der Waals surface area contributed by atoms with Crippen LogP contribution < -0.4 is 19.8 Å². The molecule has 0 bridgehead atoms. The molecule has 0 saturated heterocycles. The molecule has 0 aromatic heterocycles. The van der Waals surface area contributed by atoms with E-state index < -0.39 is 40.0 Å². The summed E-state index contributed by atoms with van der Waals surface area (Å²) in [4.78, 5) is 24.7. The number of rotatable bonds is 11. The molecule has 2 amide bonds. The monoisotopic (exact) mass is 592 g/mol. The first kappa shape index (κ1) is 29.9. The third kappa shape index (κ3) is 8.21. The summed E-state index contributed by atoms with van der Waals surface area (Å²) in [6.07, 6.45) is 1.35. The summed E-state index contributed by atoms with van der Waals surface area (Å²) in [5.41, 5.74) is 4.29. The van der Waals surface area contributed by atoms with Gasteiger partial charge in [-0.25, -0.2) is 22.6 Å². The number of hydrazone groups is 1. The van der Waals surface area contributed by atoms with E-state index in [1.54, 1.807) is 36.4 Å². The van der Waals surface area contributed by atoms with E-state index in [9.17, 15) is 26.8 Å². The average Bonchev–Trinajstić information content (AvgIpc) is 2.97. The zero-order chi connectivity index (χ0) is 30.1. The van der Waals surface area contributed by atoms with Gasteiger partial charge in [0.15, 0.2) is 6.61 Å². The van der Waals surface area contributed by atoms with Crippen LogP contribution in [-0.2, 0) is 19.6 Å². The van der Waals surface area contributed by atoms with Gasteiger partial charge in [-0.3, -0.25) is 13.9 Å². The van der Waals surface area contributed by atoms with E-state index in [1.165, 1.54) is 54.7 Å². The molecule has 0 aliphatic carbocycles. The topological polar surface area (TPSA) is 117 Å². The molecule has 4 rings (SSSR count). The van der Waals surface area contributed by atoms with Crippen LogP contribution in [0.3, 0.4) is 0 Å². The van der Waals surface area contributed by atoms with Gasteiger partial charge in [0.05, 0.1) is 16.8 Å². The Morgan fingerprint density at radius 2 is 1.43 bits per heavy atom. The van der Waals surface area contributed by atoms with Crippen LogP contribution in [0.1, 0.15) is 11.1 Å². The lowest BCUT2D eigenvalue weighted by Crippen LogP contribution is -2.39. The van der Waals surface area contributed by atoms with Crippen LogP contribution in [0, 0.1) is 18.6 Å². The summed E-state index contributed by atoms with van der Waals surface area (Å²) in [5, 5.41) is 6.47. The normalized spacial score (nSPS) is 11.2. The van der Waals surface area contributed by atoms with Crippen molar-refractivity contribution in [2.75, 3.05) is 22.8 Å². The van der Waals surface area contributed by atoms with Gasteiger partial charge in [0.1, 0.15) is 23.9 Å². The number of anilines is 2. The van der Waals surface area contributed by atoms with Crippen molar-refractivity contribution in [3.05, 3.63) is 120 Å². The van der Waals surface area contributed by atoms with E-state index in [2.05, 4.69) is 15.8 Å². The quantitative estimate of drug-likeness (QED) is 0.195. The molecule has 0 radical (unpaired) electrons. The SMILES string of the molecule is Cc1ccc(S(=O)(=O)N(CC(=O)N/N=C/c2ccc(OCC(=O)Nc3ccc(F)cc3)cc2)c2ccc(F)cc2)cc1. The standard InChI is InChI=1S/C30H26F2N4O5S/c1-21-2-16-28(17-3-21)42(39,40)36(26-12-8-24(32)9-13-26)19-29(37)35-33-18-22-4-14-27(15-5-22)41-20-30(38)34-25-10-6-23(31)7-11-25/h2-18H,19-20H2,1H3,(H,34,38)(H,35,37)/b33-18+. The molecule has 216 valence electrons. The van der Waals surface area contributed by atoms with Crippen molar-refractivity contribution in [3.8, 4) is 5.75 Å². The van der Waals surface area contributed by atoms with Gasteiger partial charge in [0.2, 0.25) is 0 Å². The smallest absolute Gasteiger partial charge is 0.264 e. The van der Waals surface area contributed by atoms with Gasteiger partial charge in [0.25, 0.3) is 21.8 Å². The first-order chi connectivity index (χ1) is 20.1. The lowest BCUT2D eigenvalue weighted by molar-refractivity contribution is -0.119. The van der Waals surface area contributed by atoms with Crippen LogP contribution in [0.15, 0.2) is 107 Å². The van der Waals surface area contributed by atoms with Gasteiger partial charge in [-0.15, -0.1) is 0 Å². The predicted molar refractivity (Wildman–Crippen MR) is 155 cm³/mol. The fourth-order valence-corrected chi connectivity index (χ4v) is 5.05. The Bertz CT molecular complexity index is 1660. The highest BCUT2D eigenvalue weighted by atomic mass is 32.2. The van der Waals surface area contributed by atoms with Crippen molar-refractivity contribution in [3.63, 3.8) is 0 Å². The third-order valence-corrected chi connectivity index (χ3v) is 7.58. The first-order valence-electron chi connectivity index (χ1n) is 12.6. The molecule has 0 aliphatic heterocycles. The number of nitrogens with zero attached hydrogens (tertiary/aromatic N) is 2. The fourth-order valence-electron chi connectivity index (χ4n) is 3.63. The van der Waals surface area contributed by atoms with E-state index >= 15 is 0 Å². The Labute approximate surface area is 241 Å². The molecule has 4 aromatic carbocycles. The van der Waals surface area contributed by atoms with Gasteiger partial charge < -0.3 is 10.1 Å². The second-order valence-corrected chi connectivity index (χ2v) is 10.9. The Morgan fingerprint density at radius 3 is 2.05 bits per heavy atom. The van der Waals surface area contributed by atoms with Crippen LogP contribution in [0.2, 0.25) is 0 Å². The van der Waals surface area contributed by atoms with Gasteiger partial charge in [0, 0.05) is 5.69 Å². The van der Waals surface area contributed by atoms with E-state index in [4.69, 9.17) is 4.74 Å². The highest BCUT2D eigenvalue weighted by Crippen LogP contribution is 2.24. The maximum Gasteiger partial charge on any atom is 0.264 e. The second-order valence-electron chi connectivity index (χ2n) is 9.01. The van der Waals surface area contributed by atoms with Crippen LogP contribution in [-0.4, -0.2) is 39.6 Å². The van der Waals surface area contributed by atoms with Crippen LogP contribution in [0.4, 0.5) is 20.2 Å². The van der Waals surface area contributed by atoms with Crippen molar-refractivity contribution in [2.45, 2.75) is 11.8 Å². The second kappa shape index (κ2) is 13.5. The molecule has 0 heterocycles. The number of amides is 2. The number of halogens is 2. The minimum Gasteiger partial charge on any atom is -0.484 e. The predicted octanol–water partition coefficient (Wildman–Crippen LogP) is 4.64. The molecule has 0 saturated carbocycles. The van der Waals surface area contributed by atoms with Gasteiger partial charge in [-0.05, 0) is 97.4 Å². The molecule has 0 fully saturated rings. The summed E-state index contributed by atoms with van der Waals surface area (Å²) in [7, 11) is -4.15. The molecule has 2 N–H and O–H groups in total. The Kier molecular flexibility index (Phi) is 9.61. The number of hydrogen-bond donors (Lipinski definition) is 2. The van der Waals surface area contributed by atoms with Crippen molar-refractivity contribution in [1.82, 2.24) is 5.43 Å². The summed E-state index contributed by atoms with van der Waals surface area (Å²) >= 11 is 0. The van der Waals surface area contributed by atoms with Gasteiger partial charge in [-0.2, -0.15) is 5.10 Å². The molecule has 0 unspecified atom stereocenters. The number of aryl methyl sites for hydroxylation is 1. The maximum atomic E-state index is 13.5. The Hall–Kier alpha value is -5.10. The molecular weight excluding hydrogens is 566 g/mol. The molecule has 0 atom stereocenters. The molecule has 12 heteroatoms. The van der Waals surface area contributed by atoms with E-state index in [-0.39, 0.29) is 17.2 Å². The third-order valence-electron chi connectivity index (χ3n) is 5.79. The summed E-state index contributed by atoms with van der Waals surface area (Å²) in [6, 6.07) is 22.7. The van der Waals surface area contributed by atoms with Crippen molar-refractivity contribution < 1.29 is 31.5 Å². The highest BCUT2D eigenvalue weighted by Gasteiger charge is 2.27. The van der Waals surface area contributed by atoms with E-state index in [0.29, 0.717) is 17.0 Å². The summed E-state index contributed by atoms with van der Waals surface area (Å²) in [5.74, 6) is -1.70. The molecule has 4 aromatic rings. The maximum absolute atomic E-state index is 13.5. The Morgan fingerprint density at radius 1 is 0.833 bits per heavy atom. The van der Waals surface area contributed by atoms with Crippen LogP contribution in [0.25, 0.3) is 0 Å². The number of carbonyl (C=O) groups excluding carboxylic acids is 2. The first-order valence-corrected chi connectivity index (χ1v) is 14.0. The Balaban J connectivity index is 1.34. The summed E-state index contributed by atoms with van der Waals surface area (Å²) < 4.78 is 59.5. The summed E-state index contributed by atoms with van der Waals surface area (Å²) in [6.45, 7) is 0.944. The zero-order valence-electron chi connectivity index (χ0n) is 22.3. The molecule has 42 heavy (non-hydrogen) atoms. The zero-order valence-corrected chi connectivity index (χ0v) is 23.1. The van der Waals surface area contributed by atoms with E-state index in [0.717, 1.165) is 22.0 Å². The minimum absolute atomic E-state index is 0.0241. The number of benzene rings is 4. The fraction of sp³-hybridized carbons (Fsp3) is 0.100. The number of ether oxygens (including phenoxy) is 1. The largest absolute Gasteiger partial charge is 0.484 e. The lowest BCUT2D eigenvalue weighted by Gasteiger charge is -2.23. The number of hydrogen-bond acceptors (Lipinski definition) is 6. The number of sulfonamides is 1. The molecular formula is C30H26F2N4O5S. The average molecular weight is 593 g/mol. The number of carbonyl (C=O) groups is 2.